The lowest BCUT2D eigenvalue weighted by Gasteiger charge is -2.43. The highest BCUT2D eigenvalue weighted by Crippen LogP contribution is 2.38. The molecule has 2 atom stereocenters. The third-order valence-electron chi connectivity index (χ3n) is 6.18. The Morgan fingerprint density at radius 3 is 1.95 bits per heavy atom. The summed E-state index contributed by atoms with van der Waals surface area (Å²) in [6.45, 7) is 5.41. The van der Waals surface area contributed by atoms with E-state index in [4.69, 9.17) is 16.3 Å². The number of hydrogen-bond donors (Lipinski definition) is 0. The molecule has 1 heterocycles. The molecular formula is C26H27ClF6N2O3. The van der Waals surface area contributed by atoms with Crippen LogP contribution in [0.2, 0.25) is 5.02 Å². The van der Waals surface area contributed by atoms with Crippen molar-refractivity contribution in [2.45, 2.75) is 57.1 Å². The number of benzene rings is 2. The molecule has 1 aliphatic heterocycles. The van der Waals surface area contributed by atoms with Gasteiger partial charge in [-0.25, -0.2) is 4.79 Å². The molecule has 2 aromatic carbocycles. The molecule has 0 N–H and O–H groups in total. The Balaban J connectivity index is 1.97. The van der Waals surface area contributed by atoms with Crippen LogP contribution in [0, 0.1) is 0 Å². The fourth-order valence-electron chi connectivity index (χ4n) is 4.37. The molecule has 0 spiro atoms. The van der Waals surface area contributed by atoms with Crippen molar-refractivity contribution in [3.8, 4) is 0 Å². The molecule has 0 radical (unpaired) electrons. The minimum Gasteiger partial charge on any atom is -0.444 e. The number of likely N-dealkylation sites (N-methyl/N-ethyl adjacent to an activating group) is 1. The van der Waals surface area contributed by atoms with Gasteiger partial charge in [0.05, 0.1) is 11.1 Å². The SMILES string of the molecule is CN(C(=O)c1cc(C(F)(F)F)cc(C(F)(F)F)c1)[C@@H]1CCN(C(=O)OC(C)(C)C)C[C@H]1c1ccc(Cl)cc1. The molecule has 0 aliphatic carbocycles. The Kier molecular flexibility index (Phi) is 8.31. The van der Waals surface area contributed by atoms with Crippen LogP contribution in [0.25, 0.3) is 0 Å². The number of ether oxygens (including phenoxy) is 1. The number of piperidine rings is 1. The topological polar surface area (TPSA) is 49.9 Å². The highest BCUT2D eigenvalue weighted by Gasteiger charge is 2.40. The number of carbonyl (C=O) groups excluding carboxylic acids is 2. The summed E-state index contributed by atoms with van der Waals surface area (Å²) in [6.07, 6.45) is -10.5. The van der Waals surface area contributed by atoms with E-state index in [-0.39, 0.29) is 25.6 Å². The average Bonchev–Trinajstić information content (AvgIpc) is 2.80. The number of halogens is 7. The zero-order chi connectivity index (χ0) is 28.6. The van der Waals surface area contributed by atoms with Gasteiger partial charge in [0.15, 0.2) is 0 Å². The molecule has 208 valence electrons. The lowest BCUT2D eigenvalue weighted by atomic mass is 9.85. The minimum atomic E-state index is -5.08. The number of hydrogen-bond acceptors (Lipinski definition) is 3. The molecule has 1 saturated heterocycles. The number of likely N-dealkylation sites (tertiary alicyclic amines) is 1. The molecule has 0 aromatic heterocycles. The number of rotatable bonds is 3. The maximum atomic E-state index is 13.4. The largest absolute Gasteiger partial charge is 0.444 e. The van der Waals surface area contributed by atoms with E-state index in [0.717, 1.165) is 4.90 Å². The average molecular weight is 565 g/mol. The van der Waals surface area contributed by atoms with E-state index in [1.165, 1.54) is 11.9 Å². The molecule has 5 nitrogen and oxygen atoms in total. The van der Waals surface area contributed by atoms with Crippen LogP contribution in [0.4, 0.5) is 31.1 Å². The van der Waals surface area contributed by atoms with Gasteiger partial charge in [0.25, 0.3) is 5.91 Å². The second-order valence-corrected chi connectivity index (χ2v) is 10.6. The van der Waals surface area contributed by atoms with Crippen molar-refractivity contribution in [2.75, 3.05) is 20.1 Å². The van der Waals surface area contributed by atoms with Crippen molar-refractivity contribution in [1.82, 2.24) is 9.80 Å². The maximum absolute atomic E-state index is 13.4. The lowest BCUT2D eigenvalue weighted by molar-refractivity contribution is -0.143. The first-order chi connectivity index (χ1) is 17.4. The molecule has 2 amide bonds. The number of amides is 2. The van der Waals surface area contributed by atoms with Gasteiger partial charge >= 0.3 is 18.4 Å². The van der Waals surface area contributed by atoms with E-state index in [0.29, 0.717) is 22.7 Å². The molecule has 38 heavy (non-hydrogen) atoms. The second-order valence-electron chi connectivity index (χ2n) is 10.2. The Bertz CT molecular complexity index is 1140. The van der Waals surface area contributed by atoms with Gasteiger partial charge in [-0.1, -0.05) is 23.7 Å². The maximum Gasteiger partial charge on any atom is 0.416 e. The van der Waals surface area contributed by atoms with Crippen LogP contribution in [0.5, 0.6) is 0 Å². The van der Waals surface area contributed by atoms with Crippen molar-refractivity contribution in [3.05, 3.63) is 69.7 Å². The number of nitrogens with zero attached hydrogens (tertiary/aromatic N) is 2. The quantitative estimate of drug-likeness (QED) is 0.369. The molecule has 1 fully saturated rings. The molecule has 0 bridgehead atoms. The first-order valence-electron chi connectivity index (χ1n) is 11.7. The van der Waals surface area contributed by atoms with E-state index < -0.39 is 58.6 Å². The Morgan fingerprint density at radius 1 is 0.947 bits per heavy atom. The Morgan fingerprint density at radius 2 is 1.47 bits per heavy atom. The first-order valence-corrected chi connectivity index (χ1v) is 12.0. The van der Waals surface area contributed by atoms with Crippen LogP contribution < -0.4 is 0 Å². The van der Waals surface area contributed by atoms with Crippen LogP contribution in [-0.4, -0.2) is 53.6 Å². The van der Waals surface area contributed by atoms with E-state index in [1.54, 1.807) is 45.0 Å². The standard InChI is InChI=1S/C26H27ClF6N2O3/c1-24(2,3)38-23(37)35-10-9-21(20(14-35)15-5-7-19(27)8-6-15)34(4)22(36)16-11-17(25(28,29)30)13-18(12-16)26(31,32)33/h5-8,11-13,20-21H,9-10,14H2,1-4H3/t20-,21+/m0/s1. The smallest absolute Gasteiger partial charge is 0.416 e. The molecule has 0 unspecified atom stereocenters. The van der Waals surface area contributed by atoms with Crippen molar-refractivity contribution in [1.29, 1.82) is 0 Å². The molecular weight excluding hydrogens is 538 g/mol. The summed E-state index contributed by atoms with van der Waals surface area (Å²) in [5.41, 5.74) is -3.95. The molecule has 3 rings (SSSR count). The van der Waals surface area contributed by atoms with Crippen molar-refractivity contribution in [3.63, 3.8) is 0 Å². The third-order valence-corrected chi connectivity index (χ3v) is 6.43. The van der Waals surface area contributed by atoms with Gasteiger partial charge in [0.2, 0.25) is 0 Å². The second kappa shape index (κ2) is 10.7. The minimum absolute atomic E-state index is 0.0212. The van der Waals surface area contributed by atoms with Gasteiger partial charge in [-0.2, -0.15) is 26.3 Å². The summed E-state index contributed by atoms with van der Waals surface area (Å²) >= 11 is 6.00. The monoisotopic (exact) mass is 564 g/mol. The van der Waals surface area contributed by atoms with Crippen LogP contribution >= 0.6 is 11.6 Å². The van der Waals surface area contributed by atoms with Crippen LogP contribution in [0.1, 0.15) is 60.2 Å². The molecule has 1 aliphatic rings. The van der Waals surface area contributed by atoms with Crippen LogP contribution in [-0.2, 0) is 17.1 Å². The van der Waals surface area contributed by atoms with E-state index in [2.05, 4.69) is 0 Å². The lowest BCUT2D eigenvalue weighted by Crippen LogP contribution is -2.52. The van der Waals surface area contributed by atoms with Gasteiger partial charge in [-0.3, -0.25) is 4.79 Å². The first kappa shape index (κ1) is 29.6. The summed E-state index contributed by atoms with van der Waals surface area (Å²) in [7, 11) is 1.33. The van der Waals surface area contributed by atoms with Crippen molar-refractivity contribution in [2.24, 2.45) is 0 Å². The normalized spacial score (nSPS) is 18.8. The summed E-state index contributed by atoms with van der Waals surface area (Å²) < 4.78 is 85.6. The third kappa shape index (κ3) is 7.12. The molecule has 12 heteroatoms. The van der Waals surface area contributed by atoms with Crippen molar-refractivity contribution >= 4 is 23.6 Å². The van der Waals surface area contributed by atoms with Crippen LogP contribution in [0.15, 0.2) is 42.5 Å². The van der Waals surface area contributed by atoms with Crippen molar-refractivity contribution < 1.29 is 40.7 Å². The van der Waals surface area contributed by atoms with Gasteiger partial charge < -0.3 is 14.5 Å². The Labute approximate surface area is 221 Å². The highest BCUT2D eigenvalue weighted by atomic mass is 35.5. The van der Waals surface area contributed by atoms with Crippen LogP contribution in [0.3, 0.4) is 0 Å². The molecule has 2 aromatic rings. The summed E-state index contributed by atoms with van der Waals surface area (Å²) in [6, 6.07) is 6.79. The van der Waals surface area contributed by atoms with E-state index >= 15 is 0 Å². The van der Waals surface area contributed by atoms with E-state index in [9.17, 15) is 35.9 Å². The van der Waals surface area contributed by atoms with Gasteiger partial charge in [0.1, 0.15) is 5.60 Å². The zero-order valence-electron chi connectivity index (χ0n) is 21.1. The predicted octanol–water partition coefficient (Wildman–Crippen LogP) is 7.24. The zero-order valence-corrected chi connectivity index (χ0v) is 21.8. The number of alkyl halides is 6. The Hall–Kier alpha value is -2.95. The van der Waals surface area contributed by atoms with Gasteiger partial charge in [-0.15, -0.1) is 0 Å². The summed E-state index contributed by atoms with van der Waals surface area (Å²) in [5.74, 6) is -1.52. The summed E-state index contributed by atoms with van der Waals surface area (Å²) in [5, 5.41) is 0.443. The molecule has 0 saturated carbocycles. The fraction of sp³-hybridized carbons (Fsp3) is 0.462. The van der Waals surface area contributed by atoms with Gasteiger partial charge in [0, 0.05) is 42.7 Å². The highest BCUT2D eigenvalue weighted by molar-refractivity contribution is 6.30. The van der Waals surface area contributed by atoms with E-state index in [1.807, 2.05) is 0 Å². The number of carbonyl (C=O) groups is 2. The predicted molar refractivity (Wildman–Crippen MR) is 129 cm³/mol. The van der Waals surface area contributed by atoms with Gasteiger partial charge in [-0.05, 0) is 63.1 Å². The summed E-state index contributed by atoms with van der Waals surface area (Å²) in [4.78, 5) is 28.6. The fourth-order valence-corrected chi connectivity index (χ4v) is 4.49.